The second kappa shape index (κ2) is 6.90. The maximum Gasteiger partial charge on any atom is 0.316 e. The summed E-state index contributed by atoms with van der Waals surface area (Å²) in [7, 11) is -3.65. The third-order valence-electron chi connectivity index (χ3n) is 4.13. The van der Waals surface area contributed by atoms with Crippen LogP contribution < -0.4 is 14.2 Å². The van der Waals surface area contributed by atoms with Crippen LogP contribution in [-0.2, 0) is 10.0 Å². The standard InChI is InChI=1S/C16H16ClN3O5S/c17-11-8-18-16(19-9-11)25-12-3-4-20(10-12)26(21,22)13-1-2-14-15(7-13)24-6-5-23-14/h1-2,7-9,12H,3-6,10H2/t12-/m1/s1. The Morgan fingerprint density at radius 2 is 1.88 bits per heavy atom. The van der Waals surface area contributed by atoms with E-state index in [4.69, 9.17) is 25.8 Å². The Hall–Kier alpha value is -2.10. The van der Waals surface area contributed by atoms with Crippen LogP contribution in [0.2, 0.25) is 5.02 Å². The monoisotopic (exact) mass is 397 g/mol. The summed E-state index contributed by atoms with van der Waals surface area (Å²) in [6.45, 7) is 1.44. The van der Waals surface area contributed by atoms with Crippen molar-refractivity contribution in [2.24, 2.45) is 0 Å². The van der Waals surface area contributed by atoms with Crippen molar-refractivity contribution in [3.8, 4) is 17.5 Å². The molecule has 1 fully saturated rings. The van der Waals surface area contributed by atoms with Crippen molar-refractivity contribution in [2.45, 2.75) is 17.4 Å². The van der Waals surface area contributed by atoms with Gasteiger partial charge < -0.3 is 14.2 Å². The van der Waals surface area contributed by atoms with Gasteiger partial charge >= 0.3 is 6.01 Å². The van der Waals surface area contributed by atoms with Gasteiger partial charge in [0.25, 0.3) is 0 Å². The lowest BCUT2D eigenvalue weighted by Crippen LogP contribution is -2.31. The van der Waals surface area contributed by atoms with Crippen molar-refractivity contribution in [2.75, 3.05) is 26.3 Å². The second-order valence-corrected chi connectivity index (χ2v) is 8.26. The molecule has 0 unspecified atom stereocenters. The molecule has 10 heteroatoms. The maximum atomic E-state index is 12.9. The minimum Gasteiger partial charge on any atom is -0.486 e. The first-order valence-electron chi connectivity index (χ1n) is 8.06. The number of aromatic nitrogens is 2. The van der Waals surface area contributed by atoms with Crippen LogP contribution in [0.5, 0.6) is 17.5 Å². The zero-order chi connectivity index (χ0) is 18.1. The third kappa shape index (κ3) is 3.42. The van der Waals surface area contributed by atoms with Crippen LogP contribution in [0, 0.1) is 0 Å². The summed E-state index contributed by atoms with van der Waals surface area (Å²) in [4.78, 5) is 8.11. The van der Waals surface area contributed by atoms with Crippen molar-refractivity contribution >= 4 is 21.6 Å². The van der Waals surface area contributed by atoms with Crippen molar-refractivity contribution in [3.05, 3.63) is 35.6 Å². The van der Waals surface area contributed by atoms with Crippen molar-refractivity contribution in [1.82, 2.24) is 14.3 Å². The molecule has 4 rings (SSSR count). The molecule has 26 heavy (non-hydrogen) atoms. The first-order chi connectivity index (χ1) is 12.5. The Morgan fingerprint density at radius 1 is 1.15 bits per heavy atom. The highest BCUT2D eigenvalue weighted by molar-refractivity contribution is 7.89. The molecule has 2 aliphatic rings. The molecule has 0 radical (unpaired) electrons. The Balaban J connectivity index is 1.48. The predicted molar refractivity (Wildman–Crippen MR) is 92.3 cm³/mol. The zero-order valence-electron chi connectivity index (χ0n) is 13.7. The molecular weight excluding hydrogens is 382 g/mol. The van der Waals surface area contributed by atoms with Gasteiger partial charge in [0.05, 0.1) is 28.9 Å². The second-order valence-electron chi connectivity index (χ2n) is 5.88. The molecule has 138 valence electrons. The van der Waals surface area contributed by atoms with Gasteiger partial charge in [0.15, 0.2) is 11.5 Å². The van der Waals surface area contributed by atoms with Gasteiger partial charge in [-0.15, -0.1) is 0 Å². The molecule has 2 aliphatic heterocycles. The normalized spacial score (nSPS) is 20.1. The molecule has 1 saturated heterocycles. The van der Waals surface area contributed by atoms with Crippen molar-refractivity contribution < 1.29 is 22.6 Å². The number of rotatable bonds is 4. The molecule has 0 amide bonds. The van der Waals surface area contributed by atoms with Gasteiger partial charge in [-0.1, -0.05) is 11.6 Å². The average Bonchev–Trinajstić information content (AvgIpc) is 3.12. The molecule has 0 spiro atoms. The van der Waals surface area contributed by atoms with Gasteiger partial charge in [-0.3, -0.25) is 0 Å². The third-order valence-corrected chi connectivity index (χ3v) is 6.18. The molecule has 2 aromatic rings. The highest BCUT2D eigenvalue weighted by Crippen LogP contribution is 2.34. The molecule has 3 heterocycles. The predicted octanol–water partition coefficient (Wildman–Crippen LogP) is 1.74. The van der Waals surface area contributed by atoms with Gasteiger partial charge in [-0.2, -0.15) is 4.31 Å². The Bertz CT molecular complexity index is 907. The van der Waals surface area contributed by atoms with E-state index in [1.807, 2.05) is 0 Å². The van der Waals surface area contributed by atoms with Gasteiger partial charge in [-0.25, -0.2) is 18.4 Å². The lowest BCUT2D eigenvalue weighted by Gasteiger charge is -2.21. The number of sulfonamides is 1. The van der Waals surface area contributed by atoms with Gasteiger partial charge in [-0.05, 0) is 18.6 Å². The molecule has 0 saturated carbocycles. The lowest BCUT2D eigenvalue weighted by molar-refractivity contribution is 0.171. The highest BCUT2D eigenvalue weighted by atomic mass is 35.5. The van der Waals surface area contributed by atoms with E-state index >= 15 is 0 Å². The summed E-state index contributed by atoms with van der Waals surface area (Å²) in [6, 6.07) is 4.82. The van der Waals surface area contributed by atoms with Crippen LogP contribution >= 0.6 is 11.6 Å². The fourth-order valence-corrected chi connectivity index (χ4v) is 4.46. The smallest absolute Gasteiger partial charge is 0.316 e. The van der Waals surface area contributed by atoms with E-state index in [1.54, 1.807) is 6.07 Å². The van der Waals surface area contributed by atoms with E-state index in [1.165, 1.54) is 28.8 Å². The molecule has 1 aromatic carbocycles. The molecule has 0 bridgehead atoms. The maximum absolute atomic E-state index is 12.9. The van der Waals surface area contributed by atoms with E-state index in [0.717, 1.165) is 0 Å². The topological polar surface area (TPSA) is 90.9 Å². The number of hydrogen-bond acceptors (Lipinski definition) is 7. The van der Waals surface area contributed by atoms with Gasteiger partial charge in [0, 0.05) is 12.6 Å². The minimum atomic E-state index is -3.65. The molecule has 1 atom stereocenters. The fraction of sp³-hybridized carbons (Fsp3) is 0.375. The molecule has 0 aliphatic carbocycles. The average molecular weight is 398 g/mol. The Kier molecular flexibility index (Phi) is 4.60. The minimum absolute atomic E-state index is 0.171. The summed E-state index contributed by atoms with van der Waals surface area (Å²) in [5, 5.41) is 0.409. The highest BCUT2D eigenvalue weighted by Gasteiger charge is 2.34. The quantitative estimate of drug-likeness (QED) is 0.776. The Morgan fingerprint density at radius 3 is 2.65 bits per heavy atom. The lowest BCUT2D eigenvalue weighted by atomic mass is 10.3. The first-order valence-corrected chi connectivity index (χ1v) is 9.88. The molecule has 1 aromatic heterocycles. The van der Waals surface area contributed by atoms with Crippen molar-refractivity contribution in [3.63, 3.8) is 0 Å². The number of hydrogen-bond donors (Lipinski definition) is 0. The summed E-state index contributed by atoms with van der Waals surface area (Å²) in [5.74, 6) is 0.997. The van der Waals surface area contributed by atoms with Crippen LogP contribution in [0.15, 0.2) is 35.5 Å². The number of halogens is 1. The first kappa shape index (κ1) is 17.3. The molecule has 8 nitrogen and oxygen atoms in total. The molecule has 0 N–H and O–H groups in total. The van der Waals surface area contributed by atoms with E-state index in [9.17, 15) is 8.42 Å². The Labute approximate surface area is 155 Å². The summed E-state index contributed by atoms with van der Waals surface area (Å²) < 4.78 is 43.7. The number of nitrogens with zero attached hydrogens (tertiary/aromatic N) is 3. The summed E-state index contributed by atoms with van der Waals surface area (Å²) >= 11 is 5.74. The molecular formula is C16H16ClN3O5S. The zero-order valence-corrected chi connectivity index (χ0v) is 15.2. The van der Waals surface area contributed by atoms with Crippen LogP contribution in [0.4, 0.5) is 0 Å². The summed E-state index contributed by atoms with van der Waals surface area (Å²) in [6.07, 6.45) is 3.10. The van der Waals surface area contributed by atoms with E-state index < -0.39 is 10.0 Å². The van der Waals surface area contributed by atoms with E-state index in [-0.39, 0.29) is 23.6 Å². The largest absolute Gasteiger partial charge is 0.486 e. The van der Waals surface area contributed by atoms with Gasteiger partial charge in [0.1, 0.15) is 19.3 Å². The van der Waals surface area contributed by atoms with Crippen LogP contribution in [0.3, 0.4) is 0 Å². The van der Waals surface area contributed by atoms with Gasteiger partial charge in [0.2, 0.25) is 10.0 Å². The van der Waals surface area contributed by atoms with E-state index in [0.29, 0.717) is 42.7 Å². The number of ether oxygens (including phenoxy) is 3. The fourth-order valence-electron chi connectivity index (χ4n) is 2.86. The number of fused-ring (bicyclic) bond motifs is 1. The van der Waals surface area contributed by atoms with Crippen LogP contribution in [0.1, 0.15) is 6.42 Å². The SMILES string of the molecule is O=S(=O)(c1ccc2c(c1)OCCO2)N1CC[C@@H](Oc2ncc(Cl)cn2)C1. The summed E-state index contributed by atoms with van der Waals surface area (Å²) in [5.41, 5.74) is 0. The van der Waals surface area contributed by atoms with E-state index in [2.05, 4.69) is 9.97 Å². The number of benzene rings is 1. The van der Waals surface area contributed by atoms with Crippen molar-refractivity contribution in [1.29, 1.82) is 0 Å². The van der Waals surface area contributed by atoms with Crippen LogP contribution in [0.25, 0.3) is 0 Å². The van der Waals surface area contributed by atoms with Crippen LogP contribution in [-0.4, -0.2) is 55.1 Å².